The molecule has 3 heteroatoms. The molecule has 0 aromatic heterocycles. The fraction of sp³-hybridized carbons (Fsp3) is 0.211. The standard InChI is InChI=1S/C15H14.C13H9.C10H15.2ClH.Zr/c1-12-3-7-14(8-4-12)11-15-9-5-13(2)6-10-15;1-3-7-12-10(5-1)9-11-6-2-4-8-13(11)12;1-7(2)10-6-8(3)5-9(10)4;;;/h3-10H,1-2H3;1-5,7-8H,9H2;5-7H,1-4H3;2*1H;/q;2*-1;;;+2/p-2. The molecule has 0 bridgehead atoms. The summed E-state index contributed by atoms with van der Waals surface area (Å²) in [7, 11) is 0. The first-order valence-electron chi connectivity index (χ1n) is 13.8. The topological polar surface area (TPSA) is 0 Å². The molecule has 5 aromatic carbocycles. The van der Waals surface area contributed by atoms with Gasteiger partial charge in [-0.05, 0) is 6.42 Å². The minimum Gasteiger partial charge on any atom is -1.00 e. The first-order valence-corrected chi connectivity index (χ1v) is 15.0. The van der Waals surface area contributed by atoms with Crippen LogP contribution in [0.5, 0.6) is 0 Å². The average Bonchev–Trinajstić information content (AvgIpc) is 3.49. The maximum Gasteiger partial charge on any atom is -0.0253 e. The Balaban J connectivity index is 0.000000215. The van der Waals surface area contributed by atoms with E-state index in [0.29, 0.717) is 5.92 Å². The third-order valence-corrected chi connectivity index (χ3v) is 8.62. The van der Waals surface area contributed by atoms with Gasteiger partial charge in [0.05, 0.1) is 0 Å². The number of aryl methyl sites for hydroxylation is 4. The Labute approximate surface area is 274 Å². The zero-order chi connectivity index (χ0) is 27.9. The van der Waals surface area contributed by atoms with Gasteiger partial charge in [0.1, 0.15) is 0 Å². The van der Waals surface area contributed by atoms with Crippen LogP contribution in [0.4, 0.5) is 0 Å². The normalized spacial score (nSPS) is 10.6. The summed E-state index contributed by atoms with van der Waals surface area (Å²) in [4.78, 5) is 0. The molecule has 6 rings (SSSR count). The largest absolute Gasteiger partial charge is 1.00 e. The molecule has 1 aliphatic rings. The Morgan fingerprint density at radius 3 is 1.76 bits per heavy atom. The minimum absolute atomic E-state index is 0. The molecule has 0 nitrogen and oxygen atoms in total. The average molecular weight is 657 g/mol. The van der Waals surface area contributed by atoms with Crippen molar-refractivity contribution < 1.29 is 49.0 Å². The first-order chi connectivity index (χ1) is 18.7. The van der Waals surface area contributed by atoms with E-state index in [-0.39, 0.29) is 24.8 Å². The van der Waals surface area contributed by atoms with E-state index in [1.165, 1.54) is 88.6 Å². The van der Waals surface area contributed by atoms with Crippen molar-refractivity contribution in [1.82, 2.24) is 0 Å². The van der Waals surface area contributed by atoms with Crippen LogP contribution in [0.3, 0.4) is 0 Å². The number of benzene rings is 4. The maximum absolute atomic E-state index is 3.30. The molecule has 0 saturated carbocycles. The van der Waals surface area contributed by atoms with Gasteiger partial charge in [-0.15, -0.1) is 5.56 Å². The van der Waals surface area contributed by atoms with E-state index in [1.54, 1.807) is 0 Å². The summed E-state index contributed by atoms with van der Waals surface area (Å²) < 4.78 is 1.42. The van der Waals surface area contributed by atoms with Crippen molar-refractivity contribution in [3.8, 4) is 11.1 Å². The molecule has 41 heavy (non-hydrogen) atoms. The van der Waals surface area contributed by atoms with Crippen molar-refractivity contribution in [2.45, 2.75) is 53.9 Å². The molecule has 0 aliphatic heterocycles. The summed E-state index contributed by atoms with van der Waals surface area (Å²) in [6.07, 6.45) is 1.05. The van der Waals surface area contributed by atoms with Gasteiger partial charge in [0, 0.05) is 0 Å². The van der Waals surface area contributed by atoms with Gasteiger partial charge in [-0.2, -0.15) is 52.6 Å². The minimum atomic E-state index is 0. The second-order valence-corrected chi connectivity index (χ2v) is 12.1. The molecule has 0 radical (unpaired) electrons. The predicted octanol–water partition coefficient (Wildman–Crippen LogP) is 3.63. The fourth-order valence-electron chi connectivity index (χ4n) is 5.05. The quantitative estimate of drug-likeness (QED) is 0.256. The second-order valence-electron chi connectivity index (χ2n) is 10.8. The number of hydrogen-bond acceptors (Lipinski definition) is 0. The van der Waals surface area contributed by atoms with Crippen molar-refractivity contribution in [2.75, 3.05) is 0 Å². The Morgan fingerprint density at radius 2 is 1.27 bits per heavy atom. The zero-order valence-electron chi connectivity index (χ0n) is 24.9. The van der Waals surface area contributed by atoms with Crippen LogP contribution in [0.2, 0.25) is 0 Å². The number of fused-ring (bicyclic) bond motifs is 3. The van der Waals surface area contributed by atoms with Crippen molar-refractivity contribution >= 4 is 3.21 Å². The van der Waals surface area contributed by atoms with Crippen molar-refractivity contribution in [1.29, 1.82) is 0 Å². The van der Waals surface area contributed by atoms with Crippen molar-refractivity contribution in [3.63, 3.8) is 0 Å². The molecule has 0 N–H and O–H groups in total. The number of hydrogen-bond donors (Lipinski definition) is 0. The molecule has 0 fully saturated rings. The Kier molecular flexibility index (Phi) is 13.8. The van der Waals surface area contributed by atoms with Gasteiger partial charge in [0.25, 0.3) is 0 Å². The van der Waals surface area contributed by atoms with Crippen LogP contribution in [0, 0.1) is 33.8 Å². The van der Waals surface area contributed by atoms with E-state index in [9.17, 15) is 0 Å². The maximum atomic E-state index is 3.30. The van der Waals surface area contributed by atoms with Gasteiger partial charge >= 0.3 is 112 Å². The monoisotopic (exact) mass is 654 g/mol. The summed E-state index contributed by atoms with van der Waals surface area (Å²) in [6, 6.07) is 40.2. The molecule has 0 unspecified atom stereocenters. The van der Waals surface area contributed by atoms with E-state index < -0.39 is 0 Å². The molecule has 5 aromatic rings. The Hall–Kier alpha value is -2.44. The van der Waals surface area contributed by atoms with E-state index in [1.807, 2.05) is 6.07 Å². The molecule has 0 amide bonds. The predicted molar refractivity (Wildman–Crippen MR) is 165 cm³/mol. The molecule has 0 spiro atoms. The van der Waals surface area contributed by atoms with Crippen LogP contribution in [0.25, 0.3) is 11.1 Å². The second kappa shape index (κ2) is 16.3. The number of halogens is 2. The summed E-state index contributed by atoms with van der Waals surface area (Å²) in [5.74, 6) is 0.675. The van der Waals surface area contributed by atoms with Gasteiger partial charge in [0.15, 0.2) is 0 Å². The molecule has 0 heterocycles. The third-order valence-electron chi connectivity index (χ3n) is 7.20. The molecular weight excluding hydrogens is 619 g/mol. The third kappa shape index (κ3) is 9.28. The molecular formula is C38H38Cl2Zr-2. The van der Waals surface area contributed by atoms with Crippen molar-refractivity contribution in [3.05, 3.63) is 159 Å². The van der Waals surface area contributed by atoms with Crippen LogP contribution >= 0.6 is 0 Å². The van der Waals surface area contributed by atoms with Crippen LogP contribution in [0.1, 0.15) is 69.8 Å². The summed E-state index contributed by atoms with van der Waals surface area (Å²) in [5, 5.41) is 0. The summed E-state index contributed by atoms with van der Waals surface area (Å²) in [6.45, 7) is 13.1. The van der Waals surface area contributed by atoms with Crippen molar-refractivity contribution in [2.24, 2.45) is 0 Å². The SMILES string of the molecule is Cc1cc(C(C)C)c(C)[cH-]1.Cc1ccc([C](=[Zr+2])c2ccc(C)cc2)cc1.[Cl-].[Cl-].[c-]1cccc2c1Cc1ccccc1-2. The molecule has 0 saturated heterocycles. The number of rotatable bonds is 3. The van der Waals surface area contributed by atoms with E-state index in [2.05, 4.69) is 145 Å². The molecule has 1 aliphatic carbocycles. The van der Waals surface area contributed by atoms with Crippen LogP contribution < -0.4 is 24.8 Å². The Morgan fingerprint density at radius 1 is 0.732 bits per heavy atom. The van der Waals surface area contributed by atoms with Gasteiger partial charge in [0.2, 0.25) is 0 Å². The molecule has 0 atom stereocenters. The van der Waals surface area contributed by atoms with Gasteiger partial charge in [-0.3, -0.25) is 0 Å². The van der Waals surface area contributed by atoms with Crippen LogP contribution in [-0.4, -0.2) is 3.21 Å². The van der Waals surface area contributed by atoms with Gasteiger partial charge in [-0.25, -0.2) is 6.07 Å². The van der Waals surface area contributed by atoms with Gasteiger partial charge in [-0.1, -0.05) is 69.0 Å². The van der Waals surface area contributed by atoms with E-state index in [0.717, 1.165) is 6.42 Å². The zero-order valence-corrected chi connectivity index (χ0v) is 28.8. The smallest absolute Gasteiger partial charge is 0.0253 e. The molecule has 210 valence electrons. The van der Waals surface area contributed by atoms with Gasteiger partial charge < -0.3 is 24.8 Å². The van der Waals surface area contributed by atoms with E-state index >= 15 is 0 Å². The van der Waals surface area contributed by atoms with Crippen LogP contribution in [-0.2, 0) is 30.7 Å². The van der Waals surface area contributed by atoms with E-state index in [4.69, 9.17) is 0 Å². The van der Waals surface area contributed by atoms with Crippen LogP contribution in [0.15, 0.2) is 103 Å². The first kappa shape index (κ1) is 34.8. The summed E-state index contributed by atoms with van der Waals surface area (Å²) >= 11 is 1.46. The Bertz CT molecular complexity index is 1450. The fourth-order valence-corrected chi connectivity index (χ4v) is 5.87. The summed E-state index contributed by atoms with van der Waals surface area (Å²) in [5.41, 5.74) is 15.1.